The fourth-order valence-corrected chi connectivity index (χ4v) is 2.17. The van der Waals surface area contributed by atoms with Gasteiger partial charge in [-0.3, -0.25) is 4.79 Å². The molecule has 0 unspecified atom stereocenters. The van der Waals surface area contributed by atoms with E-state index in [1.165, 1.54) is 12.0 Å². The molecule has 98 valence electrons. The summed E-state index contributed by atoms with van der Waals surface area (Å²) in [7, 11) is 0. The van der Waals surface area contributed by atoms with Crippen LogP contribution in [-0.2, 0) is 22.4 Å². The van der Waals surface area contributed by atoms with Crippen molar-refractivity contribution in [3.63, 3.8) is 0 Å². The van der Waals surface area contributed by atoms with Crippen LogP contribution in [0.5, 0.6) is 5.75 Å². The van der Waals surface area contributed by atoms with Crippen LogP contribution in [0, 0.1) is 0 Å². The predicted octanol–water partition coefficient (Wildman–Crippen LogP) is 2.90. The van der Waals surface area contributed by atoms with Crippen molar-refractivity contribution in [3.8, 4) is 5.75 Å². The molecule has 3 nitrogen and oxygen atoms in total. The van der Waals surface area contributed by atoms with Crippen LogP contribution >= 0.6 is 0 Å². The zero-order valence-corrected chi connectivity index (χ0v) is 10.9. The summed E-state index contributed by atoms with van der Waals surface area (Å²) in [6.45, 7) is 3.08. The van der Waals surface area contributed by atoms with Gasteiger partial charge in [0.1, 0.15) is 5.75 Å². The van der Waals surface area contributed by atoms with E-state index in [9.17, 15) is 4.79 Å². The number of benzene rings is 1. The molecular weight excluding hydrogens is 228 g/mol. The Bertz CT molecular complexity index is 412. The Kier molecular flexibility index (Phi) is 4.62. The minimum absolute atomic E-state index is 0.131. The summed E-state index contributed by atoms with van der Waals surface area (Å²) >= 11 is 0. The normalized spacial score (nSPS) is 14.3. The first-order valence-corrected chi connectivity index (χ1v) is 6.70. The lowest BCUT2D eigenvalue weighted by Crippen LogP contribution is -2.05. The van der Waals surface area contributed by atoms with Gasteiger partial charge < -0.3 is 9.47 Å². The lowest BCUT2D eigenvalue weighted by molar-refractivity contribution is -0.143. The third kappa shape index (κ3) is 3.49. The summed E-state index contributed by atoms with van der Waals surface area (Å²) in [5.41, 5.74) is 2.43. The highest BCUT2D eigenvalue weighted by Crippen LogP contribution is 2.25. The number of rotatable bonds is 4. The third-order valence-electron chi connectivity index (χ3n) is 3.15. The minimum Gasteiger partial charge on any atom is -0.493 e. The van der Waals surface area contributed by atoms with Crippen molar-refractivity contribution >= 4 is 5.97 Å². The Balaban J connectivity index is 1.97. The zero-order valence-electron chi connectivity index (χ0n) is 10.9. The molecule has 1 aromatic rings. The molecule has 0 aromatic heterocycles. The molecule has 0 saturated carbocycles. The van der Waals surface area contributed by atoms with Gasteiger partial charge in [-0.05, 0) is 49.8 Å². The Morgan fingerprint density at radius 3 is 3.11 bits per heavy atom. The van der Waals surface area contributed by atoms with E-state index in [-0.39, 0.29) is 5.97 Å². The van der Waals surface area contributed by atoms with E-state index in [2.05, 4.69) is 18.2 Å². The summed E-state index contributed by atoms with van der Waals surface area (Å²) in [6, 6.07) is 6.29. The van der Waals surface area contributed by atoms with Gasteiger partial charge >= 0.3 is 5.97 Å². The molecule has 2 rings (SSSR count). The number of ether oxygens (including phenoxy) is 2. The van der Waals surface area contributed by atoms with Crippen molar-refractivity contribution in [1.82, 2.24) is 0 Å². The molecule has 0 radical (unpaired) electrons. The van der Waals surface area contributed by atoms with E-state index in [0.29, 0.717) is 13.0 Å². The molecule has 0 amide bonds. The van der Waals surface area contributed by atoms with E-state index in [0.717, 1.165) is 37.2 Å². The maximum absolute atomic E-state index is 11.3. The van der Waals surface area contributed by atoms with Gasteiger partial charge in [0.25, 0.3) is 0 Å². The number of hydrogen-bond donors (Lipinski definition) is 0. The van der Waals surface area contributed by atoms with Crippen molar-refractivity contribution in [2.45, 2.75) is 39.0 Å². The average molecular weight is 248 g/mol. The summed E-state index contributed by atoms with van der Waals surface area (Å²) in [5.74, 6) is 0.863. The van der Waals surface area contributed by atoms with Crippen LogP contribution in [-0.4, -0.2) is 19.2 Å². The van der Waals surface area contributed by atoms with Crippen LogP contribution in [0.25, 0.3) is 0 Å². The molecule has 0 saturated heterocycles. The molecule has 1 heterocycles. The molecule has 0 spiro atoms. The van der Waals surface area contributed by atoms with E-state index in [1.54, 1.807) is 0 Å². The van der Waals surface area contributed by atoms with Gasteiger partial charge in [-0.1, -0.05) is 12.1 Å². The molecule has 0 fully saturated rings. The molecule has 18 heavy (non-hydrogen) atoms. The summed E-state index contributed by atoms with van der Waals surface area (Å²) in [6.07, 6.45) is 4.55. The minimum atomic E-state index is -0.131. The van der Waals surface area contributed by atoms with Gasteiger partial charge in [0.2, 0.25) is 0 Å². The number of fused-ring (bicyclic) bond motifs is 1. The molecule has 0 aliphatic carbocycles. The highest BCUT2D eigenvalue weighted by molar-refractivity contribution is 5.69. The smallest absolute Gasteiger partial charge is 0.306 e. The van der Waals surface area contributed by atoms with Crippen LogP contribution in [0.1, 0.15) is 37.3 Å². The van der Waals surface area contributed by atoms with Crippen LogP contribution in [0.4, 0.5) is 0 Å². The lowest BCUT2D eigenvalue weighted by Gasteiger charge is -2.09. The fourth-order valence-electron chi connectivity index (χ4n) is 2.17. The average Bonchev–Trinajstić information content (AvgIpc) is 2.61. The fraction of sp³-hybridized carbons (Fsp3) is 0.533. The summed E-state index contributed by atoms with van der Waals surface area (Å²) in [5, 5.41) is 0. The molecule has 1 aromatic carbocycles. The first kappa shape index (κ1) is 12.9. The first-order valence-electron chi connectivity index (χ1n) is 6.70. The summed E-state index contributed by atoms with van der Waals surface area (Å²) in [4.78, 5) is 11.3. The number of aryl methyl sites for hydroxylation is 2. The molecule has 3 heteroatoms. The van der Waals surface area contributed by atoms with Crippen LogP contribution in [0.15, 0.2) is 18.2 Å². The highest BCUT2D eigenvalue weighted by Gasteiger charge is 2.10. The molecule has 1 aliphatic heterocycles. The van der Waals surface area contributed by atoms with E-state index >= 15 is 0 Å². The van der Waals surface area contributed by atoms with E-state index in [4.69, 9.17) is 9.47 Å². The molecule has 1 aliphatic rings. The van der Waals surface area contributed by atoms with Gasteiger partial charge in [0.05, 0.1) is 13.2 Å². The molecule has 0 N–H and O–H groups in total. The number of carbonyl (C=O) groups excluding carboxylic acids is 1. The Labute approximate surface area is 108 Å². The van der Waals surface area contributed by atoms with Crippen molar-refractivity contribution in [2.75, 3.05) is 13.2 Å². The Morgan fingerprint density at radius 2 is 2.28 bits per heavy atom. The Hall–Kier alpha value is -1.51. The SMILES string of the molecule is CCOC(=O)CCc1ccc2c(c1)OCCCC2. The largest absolute Gasteiger partial charge is 0.493 e. The van der Waals surface area contributed by atoms with Crippen molar-refractivity contribution in [2.24, 2.45) is 0 Å². The lowest BCUT2D eigenvalue weighted by atomic mass is 10.0. The topological polar surface area (TPSA) is 35.5 Å². The van der Waals surface area contributed by atoms with Crippen LogP contribution in [0.3, 0.4) is 0 Å². The number of esters is 1. The second kappa shape index (κ2) is 6.43. The van der Waals surface area contributed by atoms with Gasteiger partial charge in [-0.2, -0.15) is 0 Å². The summed E-state index contributed by atoms with van der Waals surface area (Å²) < 4.78 is 10.7. The van der Waals surface area contributed by atoms with Crippen LogP contribution < -0.4 is 4.74 Å². The maximum atomic E-state index is 11.3. The first-order chi connectivity index (χ1) is 8.79. The zero-order chi connectivity index (χ0) is 12.8. The number of carbonyl (C=O) groups is 1. The van der Waals surface area contributed by atoms with Crippen molar-refractivity contribution in [3.05, 3.63) is 29.3 Å². The quantitative estimate of drug-likeness (QED) is 0.769. The third-order valence-corrected chi connectivity index (χ3v) is 3.15. The van der Waals surface area contributed by atoms with E-state index < -0.39 is 0 Å². The Morgan fingerprint density at radius 1 is 1.39 bits per heavy atom. The van der Waals surface area contributed by atoms with Gasteiger partial charge in [0.15, 0.2) is 0 Å². The molecular formula is C15H20O3. The second-order valence-corrected chi connectivity index (χ2v) is 4.55. The highest BCUT2D eigenvalue weighted by atomic mass is 16.5. The predicted molar refractivity (Wildman–Crippen MR) is 69.8 cm³/mol. The van der Waals surface area contributed by atoms with Gasteiger partial charge in [-0.15, -0.1) is 0 Å². The van der Waals surface area contributed by atoms with Crippen LogP contribution in [0.2, 0.25) is 0 Å². The van der Waals surface area contributed by atoms with Gasteiger partial charge in [-0.25, -0.2) is 0 Å². The molecule has 0 atom stereocenters. The van der Waals surface area contributed by atoms with Crippen molar-refractivity contribution < 1.29 is 14.3 Å². The van der Waals surface area contributed by atoms with Crippen molar-refractivity contribution in [1.29, 1.82) is 0 Å². The standard InChI is InChI=1S/C15H20O3/c1-2-17-15(16)9-7-12-6-8-13-5-3-4-10-18-14(13)11-12/h6,8,11H,2-5,7,9-10H2,1H3. The second-order valence-electron chi connectivity index (χ2n) is 4.55. The monoisotopic (exact) mass is 248 g/mol. The maximum Gasteiger partial charge on any atom is 0.306 e. The van der Waals surface area contributed by atoms with Gasteiger partial charge in [0, 0.05) is 6.42 Å². The van der Waals surface area contributed by atoms with E-state index in [1.807, 2.05) is 6.92 Å². The number of hydrogen-bond acceptors (Lipinski definition) is 3. The molecule has 0 bridgehead atoms.